The summed E-state index contributed by atoms with van der Waals surface area (Å²) in [6.07, 6.45) is 0. The first-order chi connectivity index (χ1) is 11.9. The van der Waals surface area contributed by atoms with Crippen molar-refractivity contribution in [1.29, 1.82) is 0 Å². The molecule has 0 unspecified atom stereocenters. The molecule has 2 amide bonds. The molecule has 0 aliphatic rings. The Bertz CT molecular complexity index is 797. The number of hydrogen-bond acceptors (Lipinski definition) is 6. The van der Waals surface area contributed by atoms with Crippen LogP contribution in [0.15, 0.2) is 58.5 Å². The van der Waals surface area contributed by atoms with E-state index < -0.39 is 0 Å². The molecule has 7 nitrogen and oxygen atoms in total. The van der Waals surface area contributed by atoms with Crippen LogP contribution in [0.2, 0.25) is 0 Å². The van der Waals surface area contributed by atoms with Gasteiger partial charge in [0.15, 0.2) is 5.84 Å². The smallest absolute Gasteiger partial charge is 0.256 e. The highest BCUT2D eigenvalue weighted by molar-refractivity contribution is 7.08. The van der Waals surface area contributed by atoms with Gasteiger partial charge in [-0.15, -0.1) is 0 Å². The second-order valence-electron chi connectivity index (χ2n) is 5.19. The lowest BCUT2D eigenvalue weighted by molar-refractivity contribution is -0.114. The minimum atomic E-state index is -0.376. The summed E-state index contributed by atoms with van der Waals surface area (Å²) >= 11 is 1.54. The molecular formula is C17H19N5O2S. The number of nitrogens with two attached hydrogens (primary N) is 1. The number of nitrogens with one attached hydrogen (secondary N) is 2. The molecule has 0 bridgehead atoms. The minimum absolute atomic E-state index is 0.144. The van der Waals surface area contributed by atoms with Crippen LogP contribution < -0.4 is 21.4 Å². The Morgan fingerprint density at radius 2 is 1.92 bits per heavy atom. The molecule has 2 rings (SSSR count). The molecule has 25 heavy (non-hydrogen) atoms. The first kappa shape index (κ1) is 18.2. The number of benzene rings is 1. The van der Waals surface area contributed by atoms with Crippen molar-refractivity contribution in [3.63, 3.8) is 0 Å². The standard InChI is InChI=1S/C17H19N5O2S/c1-11(18)16(21-22(3)15-8-9-25-10-15)20-17(24)13-4-6-14(7-5-13)19-12(2)23/h4-10H,1,18H2,2-3H3,(H,19,23)(H,20,21,24). The van der Waals surface area contributed by atoms with E-state index in [1.54, 1.807) is 36.3 Å². The van der Waals surface area contributed by atoms with Crippen molar-refractivity contribution in [1.82, 2.24) is 5.32 Å². The predicted octanol–water partition coefficient (Wildman–Crippen LogP) is 2.36. The lowest BCUT2D eigenvalue weighted by Gasteiger charge is -2.15. The Kier molecular flexibility index (Phi) is 5.91. The van der Waals surface area contributed by atoms with Crippen molar-refractivity contribution < 1.29 is 9.59 Å². The SMILES string of the molecule is C=C(N)/C(=N\N(C)c1ccsc1)NC(=O)c1ccc(NC(C)=O)cc1. The van der Waals surface area contributed by atoms with Crippen LogP contribution in [0.5, 0.6) is 0 Å². The molecule has 1 heterocycles. The van der Waals surface area contributed by atoms with Crippen molar-refractivity contribution in [3.05, 3.63) is 58.9 Å². The molecule has 1 aromatic carbocycles. The zero-order valence-corrected chi connectivity index (χ0v) is 14.8. The summed E-state index contributed by atoms with van der Waals surface area (Å²) in [7, 11) is 1.75. The summed E-state index contributed by atoms with van der Waals surface area (Å²) < 4.78 is 0. The number of anilines is 2. The number of nitrogens with zero attached hydrogens (tertiary/aromatic N) is 2. The largest absolute Gasteiger partial charge is 0.396 e. The van der Waals surface area contributed by atoms with E-state index in [0.29, 0.717) is 11.3 Å². The van der Waals surface area contributed by atoms with E-state index in [9.17, 15) is 9.59 Å². The third-order valence-corrected chi connectivity index (χ3v) is 3.80. The number of hydrazone groups is 1. The molecule has 4 N–H and O–H groups in total. The van der Waals surface area contributed by atoms with Gasteiger partial charge in [0.05, 0.1) is 11.4 Å². The fraction of sp³-hybridized carbons (Fsp3) is 0.118. The predicted molar refractivity (Wildman–Crippen MR) is 102 cm³/mol. The van der Waals surface area contributed by atoms with E-state index in [1.807, 2.05) is 16.8 Å². The molecule has 1 aromatic heterocycles. The van der Waals surface area contributed by atoms with Gasteiger partial charge in [-0.05, 0) is 35.7 Å². The molecule has 0 saturated carbocycles. The topological polar surface area (TPSA) is 99.8 Å². The van der Waals surface area contributed by atoms with Crippen LogP contribution >= 0.6 is 11.3 Å². The number of thiophene rings is 1. The van der Waals surface area contributed by atoms with E-state index in [0.717, 1.165) is 5.69 Å². The highest BCUT2D eigenvalue weighted by atomic mass is 32.1. The summed E-state index contributed by atoms with van der Waals surface area (Å²) in [5.74, 6) is -0.384. The Hall–Kier alpha value is -3.13. The van der Waals surface area contributed by atoms with Gasteiger partial charge < -0.3 is 16.4 Å². The van der Waals surface area contributed by atoms with Gasteiger partial charge in [-0.1, -0.05) is 6.58 Å². The molecule has 0 aliphatic heterocycles. The van der Waals surface area contributed by atoms with Crippen LogP contribution in [-0.4, -0.2) is 24.7 Å². The average Bonchev–Trinajstić information content (AvgIpc) is 3.08. The first-order valence-electron chi connectivity index (χ1n) is 7.35. The molecular weight excluding hydrogens is 338 g/mol. The zero-order chi connectivity index (χ0) is 18.4. The lowest BCUT2D eigenvalue weighted by Crippen LogP contribution is -2.35. The molecule has 0 atom stereocenters. The number of rotatable bonds is 5. The normalized spacial score (nSPS) is 10.9. The monoisotopic (exact) mass is 357 g/mol. The van der Waals surface area contributed by atoms with Crippen molar-refractivity contribution in [2.75, 3.05) is 17.4 Å². The Morgan fingerprint density at radius 1 is 1.24 bits per heavy atom. The highest BCUT2D eigenvalue weighted by Gasteiger charge is 2.12. The Morgan fingerprint density at radius 3 is 2.44 bits per heavy atom. The number of hydrogen-bond donors (Lipinski definition) is 3. The number of carbonyl (C=O) groups is 2. The molecule has 0 fully saturated rings. The molecule has 0 aliphatic carbocycles. The van der Waals surface area contributed by atoms with Gasteiger partial charge in [-0.25, -0.2) is 0 Å². The van der Waals surface area contributed by atoms with Crippen LogP contribution in [-0.2, 0) is 4.79 Å². The second-order valence-corrected chi connectivity index (χ2v) is 5.97. The van der Waals surface area contributed by atoms with E-state index >= 15 is 0 Å². The molecule has 0 radical (unpaired) electrons. The van der Waals surface area contributed by atoms with Gasteiger partial charge in [-0.2, -0.15) is 16.4 Å². The molecule has 2 aromatic rings. The summed E-state index contributed by atoms with van der Waals surface area (Å²) in [5, 5.41) is 15.0. The summed E-state index contributed by atoms with van der Waals surface area (Å²) in [6, 6.07) is 8.37. The van der Waals surface area contributed by atoms with Gasteiger partial charge in [0.1, 0.15) is 0 Å². The van der Waals surface area contributed by atoms with Crippen LogP contribution in [0.1, 0.15) is 17.3 Å². The molecule has 130 valence electrons. The third kappa shape index (κ3) is 5.18. The van der Waals surface area contributed by atoms with Crippen LogP contribution in [0.4, 0.5) is 11.4 Å². The van der Waals surface area contributed by atoms with E-state index in [4.69, 9.17) is 5.73 Å². The van der Waals surface area contributed by atoms with E-state index in [1.165, 1.54) is 18.3 Å². The highest BCUT2D eigenvalue weighted by Crippen LogP contribution is 2.17. The van der Waals surface area contributed by atoms with Gasteiger partial charge in [-0.3, -0.25) is 14.6 Å². The maximum Gasteiger partial charge on any atom is 0.256 e. The molecule has 8 heteroatoms. The third-order valence-electron chi connectivity index (χ3n) is 3.13. The second kappa shape index (κ2) is 8.11. The zero-order valence-electron chi connectivity index (χ0n) is 13.9. The van der Waals surface area contributed by atoms with Crippen molar-refractivity contribution in [3.8, 4) is 0 Å². The fourth-order valence-corrected chi connectivity index (χ4v) is 2.57. The Balaban J connectivity index is 2.12. The maximum atomic E-state index is 12.4. The van der Waals surface area contributed by atoms with Gasteiger partial charge in [0, 0.05) is 30.6 Å². The van der Waals surface area contributed by atoms with E-state index in [-0.39, 0.29) is 23.3 Å². The van der Waals surface area contributed by atoms with Crippen LogP contribution in [0, 0.1) is 0 Å². The van der Waals surface area contributed by atoms with Crippen LogP contribution in [0.25, 0.3) is 0 Å². The summed E-state index contributed by atoms with van der Waals surface area (Å²) in [4.78, 5) is 23.4. The first-order valence-corrected chi connectivity index (χ1v) is 8.29. The van der Waals surface area contributed by atoms with Crippen molar-refractivity contribution in [2.45, 2.75) is 6.92 Å². The fourth-order valence-electron chi connectivity index (χ4n) is 1.91. The minimum Gasteiger partial charge on any atom is -0.396 e. The number of amides is 2. The van der Waals surface area contributed by atoms with Crippen LogP contribution in [0.3, 0.4) is 0 Å². The molecule has 0 saturated heterocycles. The van der Waals surface area contributed by atoms with Crippen molar-refractivity contribution >= 4 is 40.4 Å². The quantitative estimate of drug-likeness (QED) is 0.434. The number of amidine groups is 1. The Labute approximate surface area is 149 Å². The number of carbonyl (C=O) groups excluding carboxylic acids is 2. The lowest BCUT2D eigenvalue weighted by atomic mass is 10.2. The summed E-state index contributed by atoms with van der Waals surface area (Å²) in [6.45, 7) is 5.06. The van der Waals surface area contributed by atoms with Gasteiger partial charge >= 0.3 is 0 Å². The van der Waals surface area contributed by atoms with E-state index in [2.05, 4.69) is 22.3 Å². The summed E-state index contributed by atoms with van der Waals surface area (Å²) in [5.41, 5.74) is 7.76. The maximum absolute atomic E-state index is 12.4. The average molecular weight is 357 g/mol. The van der Waals surface area contributed by atoms with Gasteiger partial charge in [0.25, 0.3) is 5.91 Å². The van der Waals surface area contributed by atoms with Gasteiger partial charge in [0.2, 0.25) is 5.91 Å². The molecule has 0 spiro atoms. The van der Waals surface area contributed by atoms with Crippen molar-refractivity contribution in [2.24, 2.45) is 10.8 Å².